The minimum absolute atomic E-state index is 0.163. The van der Waals surface area contributed by atoms with Gasteiger partial charge in [0, 0.05) is 19.1 Å². The fourth-order valence-corrected chi connectivity index (χ4v) is 1.81. The third kappa shape index (κ3) is 1.97. The Labute approximate surface area is 83.1 Å². The van der Waals surface area contributed by atoms with Gasteiger partial charge in [0.25, 0.3) is 0 Å². The molecule has 5 heteroatoms. The average molecular weight is 200 g/mol. The summed E-state index contributed by atoms with van der Waals surface area (Å²) in [5.74, 6) is -1.23. The van der Waals surface area contributed by atoms with E-state index in [9.17, 15) is 9.59 Å². The van der Waals surface area contributed by atoms with Gasteiger partial charge in [-0.25, -0.2) is 4.79 Å². The zero-order valence-corrected chi connectivity index (χ0v) is 8.49. The normalized spacial score (nSPS) is 26.3. The van der Waals surface area contributed by atoms with Gasteiger partial charge in [-0.3, -0.25) is 4.79 Å². The predicted molar refractivity (Wildman–Crippen MR) is 51.0 cm³/mol. The quantitative estimate of drug-likeness (QED) is 0.682. The summed E-state index contributed by atoms with van der Waals surface area (Å²) in [6.45, 7) is 4.72. The third-order valence-electron chi connectivity index (χ3n) is 2.66. The molecule has 2 N–H and O–H groups in total. The summed E-state index contributed by atoms with van der Waals surface area (Å²) in [7, 11) is 0. The molecular formula is C9H16N2O3. The number of aliphatic carboxylic acids is 1. The number of urea groups is 1. The second-order valence-corrected chi connectivity index (χ2v) is 3.50. The Hall–Kier alpha value is -1.26. The van der Waals surface area contributed by atoms with Gasteiger partial charge in [0.1, 0.15) is 0 Å². The van der Waals surface area contributed by atoms with Crippen molar-refractivity contribution < 1.29 is 14.7 Å². The summed E-state index contributed by atoms with van der Waals surface area (Å²) in [6.07, 6.45) is 0.549. The number of carboxylic acids is 1. The van der Waals surface area contributed by atoms with Gasteiger partial charge in [-0.05, 0) is 20.3 Å². The van der Waals surface area contributed by atoms with Gasteiger partial charge >= 0.3 is 12.0 Å². The summed E-state index contributed by atoms with van der Waals surface area (Å²) in [5, 5.41) is 11.5. The summed E-state index contributed by atoms with van der Waals surface area (Å²) >= 11 is 0. The lowest BCUT2D eigenvalue weighted by Crippen LogP contribution is -2.43. The van der Waals surface area contributed by atoms with Gasteiger partial charge in [-0.15, -0.1) is 0 Å². The summed E-state index contributed by atoms with van der Waals surface area (Å²) in [5.41, 5.74) is 0. The van der Waals surface area contributed by atoms with Gasteiger partial charge in [-0.2, -0.15) is 0 Å². The van der Waals surface area contributed by atoms with Crippen molar-refractivity contribution in [2.24, 2.45) is 5.92 Å². The first kappa shape index (κ1) is 10.8. The van der Waals surface area contributed by atoms with Crippen molar-refractivity contribution in [3.05, 3.63) is 0 Å². The van der Waals surface area contributed by atoms with E-state index in [4.69, 9.17) is 5.11 Å². The molecule has 0 aromatic rings. The second kappa shape index (κ2) is 4.30. The van der Waals surface area contributed by atoms with Crippen LogP contribution in [0, 0.1) is 5.92 Å². The van der Waals surface area contributed by atoms with Gasteiger partial charge in [0.2, 0.25) is 0 Å². The number of carbonyl (C=O) groups is 2. The van der Waals surface area contributed by atoms with Crippen molar-refractivity contribution >= 4 is 12.0 Å². The first-order chi connectivity index (χ1) is 6.57. The zero-order chi connectivity index (χ0) is 10.7. The van der Waals surface area contributed by atoms with Crippen molar-refractivity contribution in [1.29, 1.82) is 0 Å². The topological polar surface area (TPSA) is 69.6 Å². The Bertz CT molecular complexity index is 242. The molecule has 14 heavy (non-hydrogen) atoms. The molecule has 1 saturated heterocycles. The third-order valence-corrected chi connectivity index (χ3v) is 2.66. The standard InChI is InChI=1S/C9H16N2O3/c1-3-10-9(14)11-5-4-7(6(11)2)8(12)13/h6-7H,3-5H2,1-2H3,(H,10,14)(H,12,13). The van der Waals surface area contributed by atoms with Gasteiger partial charge in [-0.1, -0.05) is 0 Å². The van der Waals surface area contributed by atoms with E-state index >= 15 is 0 Å². The maximum atomic E-state index is 11.4. The average Bonchev–Trinajstić information content (AvgIpc) is 2.47. The number of carbonyl (C=O) groups excluding carboxylic acids is 1. The lowest BCUT2D eigenvalue weighted by molar-refractivity contribution is -0.142. The van der Waals surface area contributed by atoms with Crippen LogP contribution < -0.4 is 5.32 Å². The van der Waals surface area contributed by atoms with Crippen LogP contribution in [0.25, 0.3) is 0 Å². The van der Waals surface area contributed by atoms with E-state index in [0.29, 0.717) is 19.5 Å². The van der Waals surface area contributed by atoms with Crippen LogP contribution in [0.5, 0.6) is 0 Å². The highest BCUT2D eigenvalue weighted by Gasteiger charge is 2.37. The van der Waals surface area contributed by atoms with Crippen molar-refractivity contribution in [2.45, 2.75) is 26.3 Å². The lowest BCUT2D eigenvalue weighted by Gasteiger charge is -2.23. The van der Waals surface area contributed by atoms with Crippen LogP contribution in [0.2, 0.25) is 0 Å². The molecule has 1 fully saturated rings. The zero-order valence-electron chi connectivity index (χ0n) is 8.49. The monoisotopic (exact) mass is 200 g/mol. The van der Waals surface area contributed by atoms with Crippen LogP contribution in [0.15, 0.2) is 0 Å². The molecule has 0 aromatic carbocycles. The van der Waals surface area contributed by atoms with Crippen LogP contribution >= 0.6 is 0 Å². The number of nitrogens with zero attached hydrogens (tertiary/aromatic N) is 1. The van der Waals surface area contributed by atoms with E-state index < -0.39 is 11.9 Å². The Morgan fingerprint density at radius 2 is 2.21 bits per heavy atom. The molecule has 5 nitrogen and oxygen atoms in total. The van der Waals surface area contributed by atoms with E-state index in [1.807, 2.05) is 6.92 Å². The second-order valence-electron chi connectivity index (χ2n) is 3.50. The molecule has 0 aliphatic carbocycles. The molecular weight excluding hydrogens is 184 g/mol. The van der Waals surface area contributed by atoms with Crippen LogP contribution in [-0.4, -0.2) is 41.1 Å². The largest absolute Gasteiger partial charge is 0.481 e. The van der Waals surface area contributed by atoms with Gasteiger partial charge in [0.05, 0.1) is 5.92 Å². The van der Waals surface area contributed by atoms with Crippen molar-refractivity contribution in [3.8, 4) is 0 Å². The van der Waals surface area contributed by atoms with E-state index in [0.717, 1.165) is 0 Å². The Balaban J connectivity index is 2.59. The molecule has 0 aromatic heterocycles. The van der Waals surface area contributed by atoms with E-state index in [2.05, 4.69) is 5.32 Å². The molecule has 1 aliphatic rings. The molecule has 2 unspecified atom stereocenters. The number of likely N-dealkylation sites (tertiary alicyclic amines) is 1. The lowest BCUT2D eigenvalue weighted by atomic mass is 10.0. The minimum Gasteiger partial charge on any atom is -0.481 e. The van der Waals surface area contributed by atoms with E-state index in [1.165, 1.54) is 0 Å². The number of nitrogens with one attached hydrogen (secondary N) is 1. The molecule has 0 radical (unpaired) electrons. The molecule has 0 saturated carbocycles. The smallest absolute Gasteiger partial charge is 0.317 e. The number of rotatable bonds is 2. The fraction of sp³-hybridized carbons (Fsp3) is 0.778. The molecule has 1 rings (SSSR count). The Kier molecular flexibility index (Phi) is 3.33. The molecule has 0 spiro atoms. The molecule has 1 aliphatic heterocycles. The molecule has 2 atom stereocenters. The van der Waals surface area contributed by atoms with Crippen LogP contribution in [0.3, 0.4) is 0 Å². The van der Waals surface area contributed by atoms with Crippen LogP contribution in [-0.2, 0) is 4.79 Å². The SMILES string of the molecule is CCNC(=O)N1CCC(C(=O)O)C1C. The highest BCUT2D eigenvalue weighted by atomic mass is 16.4. The predicted octanol–water partition coefficient (Wildman–Crippen LogP) is 0.511. The summed E-state index contributed by atoms with van der Waals surface area (Å²) < 4.78 is 0. The van der Waals surface area contributed by atoms with Gasteiger partial charge in [0.15, 0.2) is 0 Å². The molecule has 0 bridgehead atoms. The van der Waals surface area contributed by atoms with Crippen molar-refractivity contribution in [3.63, 3.8) is 0 Å². The maximum Gasteiger partial charge on any atom is 0.317 e. The van der Waals surface area contributed by atoms with E-state index in [-0.39, 0.29) is 12.1 Å². The first-order valence-electron chi connectivity index (χ1n) is 4.85. The number of hydrogen-bond acceptors (Lipinski definition) is 2. The number of carboxylic acid groups (broad SMARTS) is 1. The van der Waals surface area contributed by atoms with Crippen LogP contribution in [0.1, 0.15) is 20.3 Å². The molecule has 2 amide bonds. The first-order valence-corrected chi connectivity index (χ1v) is 4.85. The van der Waals surface area contributed by atoms with Crippen LogP contribution in [0.4, 0.5) is 4.79 Å². The molecule has 80 valence electrons. The fourth-order valence-electron chi connectivity index (χ4n) is 1.81. The summed E-state index contributed by atoms with van der Waals surface area (Å²) in [6, 6.07) is -0.372. The Morgan fingerprint density at radius 1 is 1.57 bits per heavy atom. The number of hydrogen-bond donors (Lipinski definition) is 2. The number of amides is 2. The van der Waals surface area contributed by atoms with E-state index in [1.54, 1.807) is 11.8 Å². The van der Waals surface area contributed by atoms with Crippen molar-refractivity contribution in [2.75, 3.05) is 13.1 Å². The highest BCUT2D eigenvalue weighted by Crippen LogP contribution is 2.23. The minimum atomic E-state index is -0.815. The molecule has 1 heterocycles. The maximum absolute atomic E-state index is 11.4. The summed E-state index contributed by atoms with van der Waals surface area (Å²) in [4.78, 5) is 23.8. The van der Waals surface area contributed by atoms with Gasteiger partial charge < -0.3 is 15.3 Å². The van der Waals surface area contributed by atoms with Crippen molar-refractivity contribution in [1.82, 2.24) is 10.2 Å². The Morgan fingerprint density at radius 3 is 2.64 bits per heavy atom. The highest BCUT2D eigenvalue weighted by molar-refractivity contribution is 5.78.